The lowest BCUT2D eigenvalue weighted by Crippen LogP contribution is -2.47. The Kier molecular flexibility index (Phi) is 8.55. The molecule has 0 saturated carbocycles. The van der Waals surface area contributed by atoms with Crippen LogP contribution in [0.2, 0.25) is 0 Å². The van der Waals surface area contributed by atoms with Gasteiger partial charge in [0.25, 0.3) is 12.3 Å². The van der Waals surface area contributed by atoms with Crippen molar-refractivity contribution in [1.29, 1.82) is 0 Å². The molecule has 1 saturated heterocycles. The Hall–Kier alpha value is -3.74. The maximum absolute atomic E-state index is 14.1. The van der Waals surface area contributed by atoms with Gasteiger partial charge in [-0.3, -0.25) is 15.1 Å². The number of nitrogens with one attached hydrogen (secondary N) is 1. The highest BCUT2D eigenvalue weighted by molar-refractivity contribution is 6.00. The Balaban J connectivity index is 1.66. The molecular weight excluding hydrogens is 574 g/mol. The van der Waals surface area contributed by atoms with E-state index in [2.05, 4.69) is 15.0 Å². The lowest BCUT2D eigenvalue weighted by molar-refractivity contribution is -0.141. The molecule has 42 heavy (non-hydrogen) atoms. The number of ether oxygens (including phenoxy) is 1. The van der Waals surface area contributed by atoms with E-state index in [4.69, 9.17) is 0 Å². The fraction of sp³-hybridized carbons (Fsp3) is 0.379. The van der Waals surface area contributed by atoms with Gasteiger partial charge in [0.05, 0.1) is 12.1 Å². The summed E-state index contributed by atoms with van der Waals surface area (Å²) in [5.41, 5.74) is -1.37. The number of halogens is 8. The molecule has 1 aromatic heterocycles. The number of alkyl halides is 8. The quantitative estimate of drug-likeness (QED) is 0.258. The summed E-state index contributed by atoms with van der Waals surface area (Å²) in [6.07, 6.45) is -9.70. The Morgan fingerprint density at radius 1 is 0.929 bits per heavy atom. The zero-order valence-corrected chi connectivity index (χ0v) is 22.6. The van der Waals surface area contributed by atoms with E-state index < -0.39 is 54.1 Å². The average molecular weight is 602 g/mol. The van der Waals surface area contributed by atoms with Gasteiger partial charge in [-0.2, -0.15) is 17.6 Å². The minimum atomic E-state index is -4.62. The van der Waals surface area contributed by atoms with Crippen molar-refractivity contribution < 1.29 is 44.7 Å². The van der Waals surface area contributed by atoms with Crippen LogP contribution in [-0.4, -0.2) is 29.7 Å². The molecule has 0 aliphatic carbocycles. The zero-order chi connectivity index (χ0) is 31.0. The number of anilines is 1. The molecule has 2 aromatic carbocycles. The molecule has 1 N–H and O–H groups in total. The van der Waals surface area contributed by atoms with Crippen LogP contribution in [0.25, 0.3) is 0 Å². The normalized spacial score (nSPS) is 19.0. The molecule has 4 rings (SSSR count). The van der Waals surface area contributed by atoms with E-state index in [1.54, 1.807) is 19.9 Å². The SMILES string of the molecule is CC(F)(F)c1cccc([C@@H]2C[C@H](NC(C)(C)c3ccc(C(F)(F)F)nc3)C(=O)N2c2ccc(OC(F)C(F)F)cc2)c1. The maximum atomic E-state index is 14.1. The number of hydrogen-bond donors (Lipinski definition) is 1. The van der Waals surface area contributed by atoms with Gasteiger partial charge >= 0.3 is 12.6 Å². The Labute approximate surface area is 236 Å². The largest absolute Gasteiger partial charge is 0.454 e. The van der Waals surface area contributed by atoms with Gasteiger partial charge in [-0.25, -0.2) is 17.6 Å². The zero-order valence-electron chi connectivity index (χ0n) is 22.6. The molecule has 1 fully saturated rings. The van der Waals surface area contributed by atoms with Crippen LogP contribution in [0, 0.1) is 0 Å². The predicted octanol–water partition coefficient (Wildman–Crippen LogP) is 7.52. The number of carbonyl (C=O) groups is 1. The van der Waals surface area contributed by atoms with Gasteiger partial charge in [0.2, 0.25) is 5.91 Å². The molecule has 0 radical (unpaired) electrons. The second-order valence-corrected chi connectivity index (χ2v) is 10.5. The van der Waals surface area contributed by atoms with Gasteiger partial charge in [0, 0.05) is 29.9 Å². The smallest absolute Gasteiger partial charge is 0.433 e. The Bertz CT molecular complexity index is 1390. The van der Waals surface area contributed by atoms with Gasteiger partial charge < -0.3 is 9.64 Å². The van der Waals surface area contributed by atoms with E-state index >= 15 is 0 Å². The first-order valence-corrected chi connectivity index (χ1v) is 12.8. The highest BCUT2D eigenvalue weighted by Crippen LogP contribution is 2.41. The van der Waals surface area contributed by atoms with Crippen molar-refractivity contribution in [3.8, 4) is 5.75 Å². The first-order chi connectivity index (χ1) is 19.5. The van der Waals surface area contributed by atoms with Gasteiger partial charge in [-0.15, -0.1) is 0 Å². The van der Waals surface area contributed by atoms with Gasteiger partial charge in [-0.05, 0) is 67.8 Å². The summed E-state index contributed by atoms with van der Waals surface area (Å²) < 4.78 is 110. The van der Waals surface area contributed by atoms with Crippen molar-refractivity contribution in [1.82, 2.24) is 10.3 Å². The minimum absolute atomic E-state index is 0.0885. The molecule has 1 amide bonds. The number of hydrogen-bond acceptors (Lipinski definition) is 4. The first kappa shape index (κ1) is 31.2. The van der Waals surface area contributed by atoms with E-state index in [-0.39, 0.29) is 23.4 Å². The van der Waals surface area contributed by atoms with E-state index in [9.17, 15) is 39.9 Å². The molecule has 13 heteroatoms. The lowest BCUT2D eigenvalue weighted by Gasteiger charge is -2.30. The van der Waals surface area contributed by atoms with E-state index in [0.717, 1.165) is 19.2 Å². The third-order valence-corrected chi connectivity index (χ3v) is 6.96. The number of carbonyl (C=O) groups excluding carboxylic acids is 1. The number of amides is 1. The molecule has 1 unspecified atom stereocenters. The van der Waals surface area contributed by atoms with Crippen molar-refractivity contribution in [2.45, 2.75) is 69.7 Å². The van der Waals surface area contributed by atoms with E-state index in [1.165, 1.54) is 53.4 Å². The van der Waals surface area contributed by atoms with E-state index in [1.807, 2.05) is 0 Å². The van der Waals surface area contributed by atoms with Crippen LogP contribution in [0.5, 0.6) is 5.75 Å². The van der Waals surface area contributed by atoms with Gasteiger partial charge in [-0.1, -0.05) is 24.3 Å². The second kappa shape index (κ2) is 11.5. The second-order valence-electron chi connectivity index (χ2n) is 10.5. The molecule has 3 aromatic rings. The number of aromatic nitrogens is 1. The van der Waals surface area contributed by atoms with Crippen molar-refractivity contribution in [2.24, 2.45) is 0 Å². The van der Waals surface area contributed by atoms with Gasteiger partial charge in [0.15, 0.2) is 0 Å². The van der Waals surface area contributed by atoms with Crippen LogP contribution in [0.15, 0.2) is 66.9 Å². The molecule has 1 aliphatic rings. The molecule has 0 spiro atoms. The van der Waals surface area contributed by atoms with Crippen LogP contribution >= 0.6 is 0 Å². The summed E-state index contributed by atoms with van der Waals surface area (Å²) >= 11 is 0. The molecule has 226 valence electrons. The van der Waals surface area contributed by atoms with Gasteiger partial charge in [0.1, 0.15) is 11.4 Å². The topological polar surface area (TPSA) is 54.5 Å². The number of rotatable bonds is 9. The summed E-state index contributed by atoms with van der Waals surface area (Å²) in [5, 5.41) is 3.16. The van der Waals surface area contributed by atoms with Crippen molar-refractivity contribution >= 4 is 11.6 Å². The van der Waals surface area contributed by atoms with Crippen molar-refractivity contribution in [2.75, 3.05) is 4.90 Å². The van der Waals surface area contributed by atoms with E-state index in [0.29, 0.717) is 11.1 Å². The van der Waals surface area contributed by atoms with Crippen LogP contribution in [0.1, 0.15) is 55.6 Å². The van der Waals surface area contributed by atoms with Crippen LogP contribution in [-0.2, 0) is 22.4 Å². The summed E-state index contributed by atoms with van der Waals surface area (Å²) in [7, 11) is 0. The van der Waals surface area contributed by atoms with Crippen LogP contribution in [0.4, 0.5) is 40.8 Å². The Morgan fingerprint density at radius 3 is 2.14 bits per heavy atom. The van der Waals surface area contributed by atoms with Crippen molar-refractivity contribution in [3.05, 3.63) is 89.2 Å². The average Bonchev–Trinajstić information content (AvgIpc) is 3.23. The minimum Gasteiger partial charge on any atom is -0.454 e. The number of pyridine rings is 1. The van der Waals surface area contributed by atoms with Crippen LogP contribution in [0.3, 0.4) is 0 Å². The molecule has 3 atom stereocenters. The molecule has 5 nitrogen and oxygen atoms in total. The molecular formula is C29H27F8N3O2. The van der Waals surface area contributed by atoms with Crippen molar-refractivity contribution in [3.63, 3.8) is 0 Å². The molecule has 0 bridgehead atoms. The standard InChI is InChI=1S/C29H27F8N3O2/c1-27(2,18-7-12-23(38-15-18)29(35,36)37)39-21-14-22(16-5-4-6-17(13-16)28(3,33)34)40(26(21)41)19-8-10-20(11-9-19)42-25(32)24(30)31/h4-13,15,21-22,24-25,39H,14H2,1-3H3/t21-,22-,25?/m0/s1. The highest BCUT2D eigenvalue weighted by Gasteiger charge is 2.44. The third kappa shape index (κ3) is 6.83. The molecule has 1 aliphatic heterocycles. The monoisotopic (exact) mass is 601 g/mol. The number of benzene rings is 2. The predicted molar refractivity (Wildman–Crippen MR) is 138 cm³/mol. The fourth-order valence-electron chi connectivity index (χ4n) is 4.80. The summed E-state index contributed by atoms with van der Waals surface area (Å²) in [6, 6.07) is 11.1. The highest BCUT2D eigenvalue weighted by atomic mass is 19.4. The third-order valence-electron chi connectivity index (χ3n) is 6.96. The molecule has 2 heterocycles. The summed E-state index contributed by atoms with van der Waals surface area (Å²) in [5.74, 6) is -3.86. The van der Waals surface area contributed by atoms with Crippen LogP contribution < -0.4 is 15.0 Å². The Morgan fingerprint density at radius 2 is 1.60 bits per heavy atom. The fourth-order valence-corrected chi connectivity index (χ4v) is 4.80. The lowest BCUT2D eigenvalue weighted by atomic mass is 9.93. The summed E-state index contributed by atoms with van der Waals surface area (Å²) in [4.78, 5) is 18.6. The first-order valence-electron chi connectivity index (χ1n) is 12.8. The number of nitrogens with zero attached hydrogens (tertiary/aromatic N) is 2. The summed E-state index contributed by atoms with van der Waals surface area (Å²) in [6.45, 7) is 4.05. The maximum Gasteiger partial charge on any atom is 0.433 e.